The highest BCUT2D eigenvalue weighted by atomic mass is 19.4. The number of rotatable bonds is 5. The van der Waals surface area contributed by atoms with Gasteiger partial charge in [0.25, 0.3) is 0 Å². The van der Waals surface area contributed by atoms with Crippen molar-refractivity contribution in [1.82, 2.24) is 10.2 Å². The summed E-state index contributed by atoms with van der Waals surface area (Å²) in [5, 5.41) is 11.1. The van der Waals surface area contributed by atoms with Crippen molar-refractivity contribution in [3.8, 4) is 0 Å². The molecule has 8 heteroatoms. The Morgan fingerprint density at radius 2 is 2.22 bits per heavy atom. The Balaban J connectivity index is 2.41. The molecule has 0 radical (unpaired) electrons. The molecule has 0 aromatic heterocycles. The summed E-state index contributed by atoms with van der Waals surface area (Å²) in [4.78, 5) is 13.1. The maximum atomic E-state index is 11.9. The second-order valence-electron chi connectivity index (χ2n) is 4.19. The Hall–Kier alpha value is -0.860. The second-order valence-corrected chi connectivity index (χ2v) is 4.19. The number of carbonyl (C=O) groups is 1. The van der Waals surface area contributed by atoms with Gasteiger partial charge in [0.15, 0.2) is 0 Å². The van der Waals surface area contributed by atoms with Gasteiger partial charge in [-0.3, -0.25) is 4.79 Å². The van der Waals surface area contributed by atoms with Crippen molar-refractivity contribution in [3.63, 3.8) is 0 Å². The van der Waals surface area contributed by atoms with Gasteiger partial charge in [0, 0.05) is 13.7 Å². The number of hydrogen-bond donors (Lipinski definition) is 2. The average Bonchev–Trinajstić information content (AvgIpc) is 2.70. The first-order valence-corrected chi connectivity index (χ1v) is 5.58. The molecular formula is C10H17F3N2O3. The van der Waals surface area contributed by atoms with E-state index in [0.717, 1.165) is 0 Å². The molecule has 1 heterocycles. The molecule has 0 saturated carbocycles. The standard InChI is InChI=1S/C10H17F3N2O3/c1-18-8-2-7(5-16)15(4-8)9(17)3-14-6-10(11,12)13/h7-8,14,16H,2-6H2,1H3/t7-,8+/m0/s1. The van der Waals surface area contributed by atoms with Crippen LogP contribution in [0.1, 0.15) is 6.42 Å². The highest BCUT2D eigenvalue weighted by molar-refractivity contribution is 5.79. The highest BCUT2D eigenvalue weighted by Gasteiger charge is 2.35. The van der Waals surface area contributed by atoms with Crippen molar-refractivity contribution in [2.24, 2.45) is 0 Å². The molecule has 18 heavy (non-hydrogen) atoms. The third-order valence-electron chi connectivity index (χ3n) is 2.84. The predicted molar refractivity (Wildman–Crippen MR) is 56.9 cm³/mol. The number of nitrogens with zero attached hydrogens (tertiary/aromatic N) is 1. The SMILES string of the molecule is CO[C@@H]1C[C@@H](CO)N(C(=O)CNCC(F)(F)F)C1. The van der Waals surface area contributed by atoms with Crippen molar-refractivity contribution in [2.45, 2.75) is 24.7 Å². The fourth-order valence-electron chi connectivity index (χ4n) is 1.94. The molecule has 2 atom stereocenters. The van der Waals surface area contributed by atoms with Crippen molar-refractivity contribution in [1.29, 1.82) is 0 Å². The monoisotopic (exact) mass is 270 g/mol. The van der Waals surface area contributed by atoms with E-state index in [0.29, 0.717) is 13.0 Å². The number of alkyl halides is 3. The maximum absolute atomic E-state index is 11.9. The summed E-state index contributed by atoms with van der Waals surface area (Å²) in [6.45, 7) is -1.52. The molecule has 1 amide bonds. The molecule has 1 rings (SSSR count). The van der Waals surface area contributed by atoms with Gasteiger partial charge >= 0.3 is 6.18 Å². The number of ether oxygens (including phenoxy) is 1. The number of carbonyl (C=O) groups excluding carboxylic acids is 1. The highest BCUT2D eigenvalue weighted by Crippen LogP contribution is 2.19. The lowest BCUT2D eigenvalue weighted by atomic mass is 10.2. The minimum absolute atomic E-state index is 0.172. The zero-order chi connectivity index (χ0) is 13.8. The number of amides is 1. The van der Waals surface area contributed by atoms with Crippen LogP contribution in [0, 0.1) is 0 Å². The average molecular weight is 270 g/mol. The van der Waals surface area contributed by atoms with E-state index in [-0.39, 0.29) is 18.8 Å². The molecule has 1 saturated heterocycles. The topological polar surface area (TPSA) is 61.8 Å². The summed E-state index contributed by atoms with van der Waals surface area (Å²) < 4.78 is 40.8. The number of aliphatic hydroxyl groups excluding tert-OH is 1. The summed E-state index contributed by atoms with van der Waals surface area (Å²) in [6.07, 6.45) is -4.01. The van der Waals surface area contributed by atoms with E-state index < -0.39 is 25.2 Å². The first-order valence-electron chi connectivity index (χ1n) is 5.58. The molecule has 1 aliphatic rings. The smallest absolute Gasteiger partial charge is 0.394 e. The summed E-state index contributed by atoms with van der Waals surface area (Å²) in [7, 11) is 1.50. The van der Waals surface area contributed by atoms with E-state index in [1.165, 1.54) is 12.0 Å². The molecule has 106 valence electrons. The normalized spacial score (nSPS) is 24.6. The van der Waals surface area contributed by atoms with Crippen LogP contribution < -0.4 is 5.32 Å². The molecule has 5 nitrogen and oxygen atoms in total. The molecule has 1 aliphatic heterocycles. The number of likely N-dealkylation sites (tertiary alicyclic amines) is 1. The number of nitrogens with one attached hydrogen (secondary N) is 1. The zero-order valence-corrected chi connectivity index (χ0v) is 10.0. The Morgan fingerprint density at radius 1 is 1.56 bits per heavy atom. The van der Waals surface area contributed by atoms with Crippen molar-refractivity contribution >= 4 is 5.91 Å². The van der Waals surface area contributed by atoms with E-state index in [1.54, 1.807) is 0 Å². The van der Waals surface area contributed by atoms with Crippen LogP contribution in [0.3, 0.4) is 0 Å². The fourth-order valence-corrected chi connectivity index (χ4v) is 1.94. The van der Waals surface area contributed by atoms with Gasteiger partial charge in [0.1, 0.15) is 0 Å². The Labute approximate surface area is 103 Å². The van der Waals surface area contributed by atoms with E-state index in [4.69, 9.17) is 9.84 Å². The van der Waals surface area contributed by atoms with E-state index in [2.05, 4.69) is 0 Å². The van der Waals surface area contributed by atoms with Gasteiger partial charge in [0.05, 0.1) is 31.8 Å². The first kappa shape index (κ1) is 15.2. The van der Waals surface area contributed by atoms with Gasteiger partial charge in [-0.25, -0.2) is 0 Å². The third-order valence-corrected chi connectivity index (χ3v) is 2.84. The largest absolute Gasteiger partial charge is 0.401 e. The van der Waals surface area contributed by atoms with Crippen molar-refractivity contribution < 1.29 is 27.8 Å². The number of methoxy groups -OCH3 is 1. The Morgan fingerprint density at radius 3 is 2.72 bits per heavy atom. The fraction of sp³-hybridized carbons (Fsp3) is 0.900. The Kier molecular flexibility index (Phi) is 5.36. The van der Waals surface area contributed by atoms with Gasteiger partial charge < -0.3 is 20.1 Å². The van der Waals surface area contributed by atoms with Crippen molar-refractivity contribution in [2.75, 3.05) is 33.4 Å². The Bertz CT molecular complexity index is 286. The van der Waals surface area contributed by atoms with Crippen LogP contribution in [-0.2, 0) is 9.53 Å². The second kappa shape index (κ2) is 6.35. The number of halogens is 3. The number of hydrogen-bond acceptors (Lipinski definition) is 4. The van der Waals surface area contributed by atoms with Crippen LogP contribution in [0.15, 0.2) is 0 Å². The van der Waals surface area contributed by atoms with Gasteiger partial charge in [-0.1, -0.05) is 0 Å². The quantitative estimate of drug-likeness (QED) is 0.723. The van der Waals surface area contributed by atoms with E-state index in [1.807, 2.05) is 5.32 Å². The van der Waals surface area contributed by atoms with E-state index >= 15 is 0 Å². The van der Waals surface area contributed by atoms with Crippen LogP contribution >= 0.6 is 0 Å². The maximum Gasteiger partial charge on any atom is 0.401 e. The van der Waals surface area contributed by atoms with Crippen LogP contribution in [0.5, 0.6) is 0 Å². The molecule has 0 aromatic carbocycles. The summed E-state index contributed by atoms with van der Waals surface area (Å²) in [6, 6.07) is -0.380. The van der Waals surface area contributed by atoms with Gasteiger partial charge in [-0.15, -0.1) is 0 Å². The van der Waals surface area contributed by atoms with Crippen molar-refractivity contribution in [3.05, 3.63) is 0 Å². The summed E-state index contributed by atoms with van der Waals surface area (Å²) in [5.74, 6) is -0.460. The number of aliphatic hydroxyl groups is 1. The first-order chi connectivity index (χ1) is 8.37. The molecule has 0 unspecified atom stereocenters. The molecule has 0 spiro atoms. The molecule has 2 N–H and O–H groups in total. The van der Waals surface area contributed by atoms with Crippen LogP contribution in [0.25, 0.3) is 0 Å². The third kappa shape index (κ3) is 4.43. The van der Waals surface area contributed by atoms with Gasteiger partial charge in [-0.2, -0.15) is 13.2 Å². The summed E-state index contributed by atoms with van der Waals surface area (Å²) in [5.41, 5.74) is 0. The summed E-state index contributed by atoms with van der Waals surface area (Å²) >= 11 is 0. The van der Waals surface area contributed by atoms with E-state index in [9.17, 15) is 18.0 Å². The lowest BCUT2D eigenvalue weighted by Crippen LogP contribution is -2.44. The van der Waals surface area contributed by atoms with Gasteiger partial charge in [0.2, 0.25) is 5.91 Å². The van der Waals surface area contributed by atoms with Crippen LogP contribution in [0.4, 0.5) is 13.2 Å². The molecule has 1 fully saturated rings. The minimum atomic E-state index is -4.34. The molecule has 0 aliphatic carbocycles. The van der Waals surface area contributed by atoms with Crippen LogP contribution in [0.2, 0.25) is 0 Å². The zero-order valence-electron chi connectivity index (χ0n) is 10.0. The molecule has 0 bridgehead atoms. The molecular weight excluding hydrogens is 253 g/mol. The predicted octanol–water partition coefficient (Wildman–Crippen LogP) is -0.254. The minimum Gasteiger partial charge on any atom is -0.394 e. The van der Waals surface area contributed by atoms with Crippen LogP contribution in [-0.4, -0.2) is 67.6 Å². The lowest BCUT2D eigenvalue weighted by molar-refractivity contribution is -0.135. The van der Waals surface area contributed by atoms with Gasteiger partial charge in [-0.05, 0) is 6.42 Å². The lowest BCUT2D eigenvalue weighted by Gasteiger charge is -2.23. The molecule has 0 aromatic rings.